The number of esters is 1. The maximum absolute atomic E-state index is 13.2. The van der Waals surface area contributed by atoms with Crippen molar-refractivity contribution in [3.05, 3.63) is 95.7 Å². The number of aryl methyl sites for hydroxylation is 2. The Hall–Kier alpha value is -4.00. The lowest BCUT2D eigenvalue weighted by Crippen LogP contribution is -2.15. The Morgan fingerprint density at radius 1 is 1.03 bits per heavy atom. The highest BCUT2D eigenvalue weighted by atomic mass is 16.5. The van der Waals surface area contributed by atoms with E-state index in [0.717, 1.165) is 11.3 Å². The number of aromatic nitrogens is 4. The van der Waals surface area contributed by atoms with Gasteiger partial charge in [-0.1, -0.05) is 48.5 Å². The molecule has 7 nitrogen and oxygen atoms in total. The van der Waals surface area contributed by atoms with E-state index in [0.29, 0.717) is 23.0 Å². The fourth-order valence-electron chi connectivity index (χ4n) is 3.88. The van der Waals surface area contributed by atoms with Gasteiger partial charge in [-0.15, -0.1) is 0 Å². The smallest absolute Gasteiger partial charge is 0.309 e. The summed E-state index contributed by atoms with van der Waals surface area (Å²) in [5.41, 5.74) is 3.09. The fourth-order valence-corrected chi connectivity index (χ4v) is 3.88. The summed E-state index contributed by atoms with van der Waals surface area (Å²) in [6, 6.07) is 19.2. The summed E-state index contributed by atoms with van der Waals surface area (Å²) in [6.45, 7) is 3.22. The van der Waals surface area contributed by atoms with Gasteiger partial charge in [-0.3, -0.25) is 9.59 Å². The van der Waals surface area contributed by atoms with Gasteiger partial charge in [0.1, 0.15) is 0 Å². The lowest BCUT2D eigenvalue weighted by molar-refractivity contribution is -0.132. The van der Waals surface area contributed by atoms with Crippen LogP contribution in [0.25, 0.3) is 5.69 Å². The first kappa shape index (κ1) is 21.2. The zero-order valence-electron chi connectivity index (χ0n) is 18.2. The fraction of sp³-hybridized carbons (Fsp3) is 0.200. The first-order valence-electron chi connectivity index (χ1n) is 10.3. The van der Waals surface area contributed by atoms with E-state index >= 15 is 0 Å². The standard InChI is InChI=1S/C25H24N4O3/c1-17-23(25(32-18(2)30)29(27-17)20-12-8-5-9-13-20)21(19-10-6-4-7-11-19)16-22(31)24-26-14-15-28(24)3/h4-15,21H,16H2,1-3H3/t21-/m1/s1. The summed E-state index contributed by atoms with van der Waals surface area (Å²) in [5.74, 6) is -0.222. The van der Waals surface area contributed by atoms with Gasteiger partial charge in [-0.05, 0) is 24.6 Å². The number of ether oxygens (including phenoxy) is 1. The zero-order chi connectivity index (χ0) is 22.7. The molecule has 0 aliphatic heterocycles. The van der Waals surface area contributed by atoms with E-state index in [4.69, 9.17) is 4.74 Å². The van der Waals surface area contributed by atoms with Crippen LogP contribution in [0.15, 0.2) is 73.1 Å². The molecule has 0 amide bonds. The van der Waals surface area contributed by atoms with E-state index in [1.54, 1.807) is 28.7 Å². The maximum atomic E-state index is 13.2. The minimum Gasteiger partial charge on any atom is -0.407 e. The molecule has 2 heterocycles. The minimum atomic E-state index is -0.453. The van der Waals surface area contributed by atoms with Crippen LogP contribution in [0, 0.1) is 6.92 Å². The molecule has 0 saturated carbocycles. The van der Waals surface area contributed by atoms with Crippen LogP contribution in [-0.4, -0.2) is 31.1 Å². The number of ketones is 1. The van der Waals surface area contributed by atoms with Gasteiger partial charge in [0.25, 0.3) is 0 Å². The molecule has 2 aromatic heterocycles. The molecular weight excluding hydrogens is 404 g/mol. The number of carbonyl (C=O) groups is 2. The summed E-state index contributed by atoms with van der Waals surface area (Å²) in [7, 11) is 1.79. The number of hydrogen-bond donors (Lipinski definition) is 0. The molecular formula is C25H24N4O3. The van der Waals surface area contributed by atoms with Crippen molar-refractivity contribution in [2.75, 3.05) is 0 Å². The Kier molecular flexibility index (Phi) is 5.98. The number of para-hydroxylation sites is 1. The van der Waals surface area contributed by atoms with Gasteiger partial charge in [0.05, 0.1) is 11.4 Å². The summed E-state index contributed by atoms with van der Waals surface area (Å²) in [6.07, 6.45) is 3.51. The van der Waals surface area contributed by atoms with Crippen molar-refractivity contribution < 1.29 is 14.3 Å². The molecule has 0 bridgehead atoms. The van der Waals surface area contributed by atoms with Crippen LogP contribution in [-0.2, 0) is 11.8 Å². The highest BCUT2D eigenvalue weighted by molar-refractivity contribution is 5.93. The molecule has 0 spiro atoms. The van der Waals surface area contributed by atoms with E-state index in [2.05, 4.69) is 10.1 Å². The molecule has 7 heteroatoms. The number of hydrogen-bond acceptors (Lipinski definition) is 5. The van der Waals surface area contributed by atoms with Crippen molar-refractivity contribution in [2.24, 2.45) is 7.05 Å². The molecule has 1 atom stereocenters. The average Bonchev–Trinajstić information content (AvgIpc) is 3.36. The van der Waals surface area contributed by atoms with Gasteiger partial charge in [0.15, 0.2) is 11.6 Å². The van der Waals surface area contributed by atoms with Crippen LogP contribution in [0.5, 0.6) is 5.88 Å². The summed E-state index contributed by atoms with van der Waals surface area (Å²) >= 11 is 0. The number of imidazole rings is 1. The quantitative estimate of drug-likeness (QED) is 0.325. The molecule has 0 N–H and O–H groups in total. The monoisotopic (exact) mass is 428 g/mol. The molecule has 2 aromatic carbocycles. The lowest BCUT2D eigenvalue weighted by Gasteiger charge is -2.18. The van der Waals surface area contributed by atoms with Crippen molar-refractivity contribution in [3.8, 4) is 11.6 Å². The number of nitrogens with zero attached hydrogens (tertiary/aromatic N) is 4. The third-order valence-corrected chi connectivity index (χ3v) is 5.31. The average molecular weight is 428 g/mol. The highest BCUT2D eigenvalue weighted by Crippen LogP contribution is 2.39. The number of benzene rings is 2. The Bertz CT molecular complexity index is 1240. The second kappa shape index (κ2) is 9.01. The molecule has 0 saturated heterocycles. The SMILES string of the molecule is CC(=O)Oc1c([C@H](CC(=O)c2nccn2C)c2ccccc2)c(C)nn1-c1ccccc1. The predicted molar refractivity (Wildman–Crippen MR) is 120 cm³/mol. The molecule has 0 aliphatic carbocycles. The van der Waals surface area contributed by atoms with Gasteiger partial charge >= 0.3 is 5.97 Å². The van der Waals surface area contributed by atoms with Crippen molar-refractivity contribution in [1.82, 2.24) is 19.3 Å². The molecule has 4 aromatic rings. The zero-order valence-corrected chi connectivity index (χ0v) is 18.2. The Balaban J connectivity index is 1.87. The van der Waals surface area contributed by atoms with Gasteiger partial charge in [0, 0.05) is 44.3 Å². The lowest BCUT2D eigenvalue weighted by atomic mass is 9.86. The summed E-state index contributed by atoms with van der Waals surface area (Å²) < 4.78 is 9.00. The molecule has 0 unspecified atom stereocenters. The second-order valence-corrected chi connectivity index (χ2v) is 7.60. The third-order valence-electron chi connectivity index (χ3n) is 5.31. The molecule has 0 fully saturated rings. The Morgan fingerprint density at radius 3 is 2.28 bits per heavy atom. The molecule has 32 heavy (non-hydrogen) atoms. The van der Waals surface area contributed by atoms with Crippen LogP contribution < -0.4 is 4.74 Å². The second-order valence-electron chi connectivity index (χ2n) is 7.60. The van der Waals surface area contributed by atoms with Crippen molar-refractivity contribution in [2.45, 2.75) is 26.2 Å². The minimum absolute atomic E-state index is 0.105. The number of Topliss-reactive ketones (excluding diaryl/α,β-unsaturated/α-hetero) is 1. The maximum Gasteiger partial charge on any atom is 0.309 e. The summed E-state index contributed by atoms with van der Waals surface area (Å²) in [4.78, 5) is 29.4. The van der Waals surface area contributed by atoms with E-state index in [-0.39, 0.29) is 18.1 Å². The van der Waals surface area contributed by atoms with E-state index in [1.165, 1.54) is 6.92 Å². The van der Waals surface area contributed by atoms with Gasteiger partial charge < -0.3 is 9.30 Å². The van der Waals surface area contributed by atoms with Crippen LogP contribution in [0.3, 0.4) is 0 Å². The van der Waals surface area contributed by atoms with Gasteiger partial charge in [0.2, 0.25) is 5.88 Å². The van der Waals surface area contributed by atoms with Crippen LogP contribution in [0.4, 0.5) is 0 Å². The normalized spacial score (nSPS) is 11.8. The Morgan fingerprint density at radius 2 is 1.69 bits per heavy atom. The van der Waals surface area contributed by atoms with E-state index < -0.39 is 5.97 Å². The topological polar surface area (TPSA) is 79.0 Å². The molecule has 0 radical (unpaired) electrons. The molecule has 0 aliphatic rings. The predicted octanol–water partition coefficient (Wildman–Crippen LogP) is 4.24. The first-order chi connectivity index (χ1) is 15.5. The van der Waals surface area contributed by atoms with Crippen molar-refractivity contribution in [1.29, 1.82) is 0 Å². The Labute approximate surface area is 186 Å². The largest absolute Gasteiger partial charge is 0.407 e. The van der Waals surface area contributed by atoms with E-state index in [1.807, 2.05) is 67.6 Å². The van der Waals surface area contributed by atoms with Crippen LogP contribution in [0.2, 0.25) is 0 Å². The van der Waals surface area contributed by atoms with E-state index in [9.17, 15) is 9.59 Å². The number of rotatable bonds is 7. The van der Waals surface area contributed by atoms with Crippen molar-refractivity contribution in [3.63, 3.8) is 0 Å². The van der Waals surface area contributed by atoms with Crippen molar-refractivity contribution >= 4 is 11.8 Å². The highest BCUT2D eigenvalue weighted by Gasteiger charge is 2.30. The van der Waals surface area contributed by atoms with Crippen LogP contribution >= 0.6 is 0 Å². The number of carbonyl (C=O) groups excluding carboxylic acids is 2. The first-order valence-corrected chi connectivity index (χ1v) is 10.3. The summed E-state index contributed by atoms with van der Waals surface area (Å²) in [5, 5.41) is 4.68. The molecule has 162 valence electrons. The molecule has 4 rings (SSSR count). The van der Waals surface area contributed by atoms with Gasteiger partial charge in [-0.2, -0.15) is 5.10 Å². The van der Waals surface area contributed by atoms with Gasteiger partial charge in [-0.25, -0.2) is 9.67 Å². The van der Waals surface area contributed by atoms with Crippen LogP contribution in [0.1, 0.15) is 46.7 Å². The third kappa shape index (κ3) is 4.23.